The summed E-state index contributed by atoms with van der Waals surface area (Å²) in [4.78, 5) is 10.3. The summed E-state index contributed by atoms with van der Waals surface area (Å²) in [5, 5.41) is 8.48. The van der Waals surface area contributed by atoms with E-state index in [1.54, 1.807) is 0 Å². The van der Waals surface area contributed by atoms with Gasteiger partial charge in [0.25, 0.3) is 0 Å². The van der Waals surface area contributed by atoms with Gasteiger partial charge in [-0.05, 0) is 20.8 Å². The number of aliphatic carboxylic acids is 1. The predicted octanol–water partition coefficient (Wildman–Crippen LogP) is 0.603. The van der Waals surface area contributed by atoms with Gasteiger partial charge >= 0.3 is 5.97 Å². The highest BCUT2D eigenvalue weighted by atomic mass is 16.5. The zero-order chi connectivity index (χ0) is 9.78. The Morgan fingerprint density at radius 2 is 2.08 bits per heavy atom. The second-order valence-electron chi connectivity index (χ2n) is 3.69. The summed E-state index contributed by atoms with van der Waals surface area (Å²) in [5.74, 6) is -0.880. The van der Waals surface area contributed by atoms with Crippen LogP contribution in [0.1, 0.15) is 27.2 Å². The van der Waals surface area contributed by atoms with E-state index in [0.717, 1.165) is 0 Å². The van der Waals surface area contributed by atoms with E-state index < -0.39 is 5.97 Å². The minimum absolute atomic E-state index is 0.0340. The van der Waals surface area contributed by atoms with Crippen LogP contribution in [0.15, 0.2) is 0 Å². The van der Waals surface area contributed by atoms with Crippen LogP contribution in [0.5, 0.6) is 0 Å². The molecule has 0 fully saturated rings. The van der Waals surface area contributed by atoms with Crippen LogP contribution in [-0.2, 0) is 9.53 Å². The number of nitrogens with two attached hydrogens (primary N) is 1. The fourth-order valence-corrected chi connectivity index (χ4v) is 0.868. The first-order chi connectivity index (χ1) is 5.35. The molecule has 1 atom stereocenters. The molecule has 12 heavy (non-hydrogen) atoms. The summed E-state index contributed by atoms with van der Waals surface area (Å²) < 4.78 is 5.39. The molecule has 72 valence electrons. The molecule has 0 aromatic rings. The van der Waals surface area contributed by atoms with Crippen LogP contribution in [0.3, 0.4) is 0 Å². The molecule has 4 heteroatoms. The number of hydrogen-bond donors (Lipinski definition) is 2. The molecule has 0 rings (SSSR count). The fourth-order valence-electron chi connectivity index (χ4n) is 0.868. The maximum absolute atomic E-state index is 10.3. The van der Waals surface area contributed by atoms with Crippen LogP contribution in [0, 0.1) is 0 Å². The third-order valence-electron chi connectivity index (χ3n) is 1.19. The molecule has 0 aliphatic carbocycles. The first-order valence-corrected chi connectivity index (χ1v) is 3.95. The molecule has 0 aromatic heterocycles. The van der Waals surface area contributed by atoms with E-state index in [1.807, 2.05) is 20.8 Å². The zero-order valence-electron chi connectivity index (χ0n) is 7.83. The second kappa shape index (κ2) is 4.42. The summed E-state index contributed by atoms with van der Waals surface area (Å²) >= 11 is 0. The largest absolute Gasteiger partial charge is 0.481 e. The van der Waals surface area contributed by atoms with Gasteiger partial charge in [0, 0.05) is 6.54 Å². The molecule has 0 saturated heterocycles. The lowest BCUT2D eigenvalue weighted by Gasteiger charge is -2.25. The van der Waals surface area contributed by atoms with Gasteiger partial charge in [0.05, 0.1) is 18.1 Å². The SMILES string of the molecule is CC(C)(C)OC(CN)CC(=O)O. The van der Waals surface area contributed by atoms with E-state index in [0.29, 0.717) is 0 Å². The number of ether oxygens (including phenoxy) is 1. The predicted molar refractivity (Wildman–Crippen MR) is 45.9 cm³/mol. The highest BCUT2D eigenvalue weighted by Gasteiger charge is 2.19. The number of rotatable bonds is 4. The van der Waals surface area contributed by atoms with Gasteiger partial charge in [-0.2, -0.15) is 0 Å². The molecular weight excluding hydrogens is 158 g/mol. The number of hydrogen-bond acceptors (Lipinski definition) is 3. The van der Waals surface area contributed by atoms with Crippen molar-refractivity contribution in [3.8, 4) is 0 Å². The summed E-state index contributed by atoms with van der Waals surface area (Å²) in [6.45, 7) is 5.86. The molecule has 4 nitrogen and oxygen atoms in total. The molecular formula is C8H17NO3. The third-order valence-corrected chi connectivity index (χ3v) is 1.19. The van der Waals surface area contributed by atoms with Crippen LogP contribution >= 0.6 is 0 Å². The molecule has 0 aromatic carbocycles. The minimum Gasteiger partial charge on any atom is -0.481 e. The highest BCUT2D eigenvalue weighted by molar-refractivity contribution is 5.67. The summed E-state index contributed by atoms with van der Waals surface area (Å²) in [6.07, 6.45) is -0.421. The molecule has 0 heterocycles. The summed E-state index contributed by atoms with van der Waals surface area (Å²) in [7, 11) is 0. The van der Waals surface area contributed by atoms with Crippen molar-refractivity contribution in [2.45, 2.75) is 38.9 Å². The van der Waals surface area contributed by atoms with E-state index in [1.165, 1.54) is 0 Å². The Balaban J connectivity index is 3.92. The molecule has 0 bridgehead atoms. The van der Waals surface area contributed by atoms with Crippen LogP contribution < -0.4 is 5.73 Å². The van der Waals surface area contributed by atoms with Gasteiger partial charge < -0.3 is 15.6 Å². The number of carbonyl (C=O) groups is 1. The highest BCUT2D eigenvalue weighted by Crippen LogP contribution is 2.12. The maximum atomic E-state index is 10.3. The molecule has 0 aliphatic heterocycles. The molecule has 0 aliphatic rings. The molecule has 0 radical (unpaired) electrons. The lowest BCUT2D eigenvalue weighted by Crippen LogP contribution is -2.34. The van der Waals surface area contributed by atoms with E-state index in [-0.39, 0.29) is 24.7 Å². The van der Waals surface area contributed by atoms with E-state index in [9.17, 15) is 4.79 Å². The van der Waals surface area contributed by atoms with Crippen molar-refractivity contribution in [3.63, 3.8) is 0 Å². The van der Waals surface area contributed by atoms with Crippen molar-refractivity contribution in [3.05, 3.63) is 0 Å². The van der Waals surface area contributed by atoms with Gasteiger partial charge in [0.15, 0.2) is 0 Å². The quantitative estimate of drug-likeness (QED) is 0.656. The van der Waals surface area contributed by atoms with Crippen LogP contribution in [-0.4, -0.2) is 29.3 Å². The third kappa shape index (κ3) is 6.12. The Morgan fingerprint density at radius 3 is 2.33 bits per heavy atom. The van der Waals surface area contributed by atoms with E-state index in [4.69, 9.17) is 15.6 Å². The van der Waals surface area contributed by atoms with Crippen molar-refractivity contribution in [2.75, 3.05) is 6.54 Å². The first kappa shape index (κ1) is 11.4. The summed E-state index contributed by atoms with van der Waals surface area (Å²) in [6, 6.07) is 0. The minimum atomic E-state index is -0.880. The average Bonchev–Trinajstić information content (AvgIpc) is 1.82. The Hall–Kier alpha value is -0.610. The van der Waals surface area contributed by atoms with Crippen molar-refractivity contribution < 1.29 is 14.6 Å². The zero-order valence-corrected chi connectivity index (χ0v) is 7.83. The van der Waals surface area contributed by atoms with Crippen LogP contribution in [0.2, 0.25) is 0 Å². The molecule has 0 amide bonds. The molecule has 0 saturated carbocycles. The Morgan fingerprint density at radius 1 is 1.58 bits per heavy atom. The Labute approximate surface area is 72.7 Å². The second-order valence-corrected chi connectivity index (χ2v) is 3.69. The number of carboxylic acids is 1. The number of carboxylic acid groups (broad SMARTS) is 1. The van der Waals surface area contributed by atoms with Crippen molar-refractivity contribution in [2.24, 2.45) is 5.73 Å². The van der Waals surface area contributed by atoms with Gasteiger partial charge in [-0.1, -0.05) is 0 Å². The Bertz CT molecular complexity index is 151. The van der Waals surface area contributed by atoms with E-state index >= 15 is 0 Å². The van der Waals surface area contributed by atoms with Crippen molar-refractivity contribution in [1.82, 2.24) is 0 Å². The molecule has 0 spiro atoms. The standard InChI is InChI=1S/C8H17NO3/c1-8(2,3)12-6(5-9)4-7(10)11/h6H,4-5,9H2,1-3H3,(H,10,11). The fraction of sp³-hybridized carbons (Fsp3) is 0.875. The van der Waals surface area contributed by atoms with Crippen LogP contribution in [0.25, 0.3) is 0 Å². The molecule has 1 unspecified atom stereocenters. The van der Waals surface area contributed by atoms with Gasteiger partial charge in [0.1, 0.15) is 0 Å². The van der Waals surface area contributed by atoms with Gasteiger partial charge in [-0.25, -0.2) is 0 Å². The first-order valence-electron chi connectivity index (χ1n) is 3.95. The summed E-state index contributed by atoms with van der Waals surface area (Å²) in [5.41, 5.74) is 5.01. The smallest absolute Gasteiger partial charge is 0.306 e. The maximum Gasteiger partial charge on any atom is 0.306 e. The van der Waals surface area contributed by atoms with Gasteiger partial charge in [0.2, 0.25) is 0 Å². The normalized spacial score (nSPS) is 14.3. The lowest BCUT2D eigenvalue weighted by atomic mass is 10.1. The van der Waals surface area contributed by atoms with E-state index in [2.05, 4.69) is 0 Å². The monoisotopic (exact) mass is 175 g/mol. The topological polar surface area (TPSA) is 72.5 Å². The van der Waals surface area contributed by atoms with Gasteiger partial charge in [-0.3, -0.25) is 4.79 Å². The van der Waals surface area contributed by atoms with Crippen molar-refractivity contribution >= 4 is 5.97 Å². The van der Waals surface area contributed by atoms with Gasteiger partial charge in [-0.15, -0.1) is 0 Å². The average molecular weight is 175 g/mol. The van der Waals surface area contributed by atoms with Crippen LogP contribution in [0.4, 0.5) is 0 Å². The lowest BCUT2D eigenvalue weighted by molar-refractivity contribution is -0.143. The van der Waals surface area contributed by atoms with Crippen molar-refractivity contribution in [1.29, 1.82) is 0 Å². The Kier molecular flexibility index (Phi) is 4.20. The molecule has 3 N–H and O–H groups in total.